The van der Waals surface area contributed by atoms with E-state index in [0.717, 1.165) is 19.2 Å². The lowest BCUT2D eigenvalue weighted by molar-refractivity contribution is -0.131. The molecule has 0 saturated carbocycles. The fourth-order valence-electron chi connectivity index (χ4n) is 1.29. The number of nitrogens with one attached hydrogen (secondary N) is 1. The average molecular weight is 265 g/mol. The summed E-state index contributed by atoms with van der Waals surface area (Å²) in [7, 11) is 1.10. The highest BCUT2D eigenvalue weighted by atomic mass is 19.4. The van der Waals surface area contributed by atoms with Gasteiger partial charge in [0.1, 0.15) is 5.82 Å². The summed E-state index contributed by atoms with van der Waals surface area (Å²) in [5.41, 5.74) is -0.0350. The molecule has 3 nitrogen and oxygen atoms in total. The Morgan fingerprint density at radius 3 is 2.61 bits per heavy atom. The Bertz CT molecular complexity index is 432. The van der Waals surface area contributed by atoms with Gasteiger partial charge in [-0.05, 0) is 18.2 Å². The quantitative estimate of drug-likeness (QED) is 0.672. The molecule has 0 saturated heterocycles. The van der Waals surface area contributed by atoms with Crippen LogP contribution in [0.2, 0.25) is 0 Å². The van der Waals surface area contributed by atoms with Crippen molar-refractivity contribution in [2.24, 2.45) is 0 Å². The third kappa shape index (κ3) is 4.23. The van der Waals surface area contributed by atoms with Crippen molar-refractivity contribution in [2.75, 3.05) is 19.0 Å². The molecule has 1 aromatic carbocycles. The molecule has 1 rings (SSSR count). The van der Waals surface area contributed by atoms with Crippen molar-refractivity contribution in [3.8, 4) is 0 Å². The summed E-state index contributed by atoms with van der Waals surface area (Å²) in [6.07, 6.45) is -5.34. The number of hydrogen-bond donors (Lipinski definition) is 1. The predicted octanol–water partition coefficient (Wildman–Crippen LogP) is 2.98. The number of methoxy groups -OCH3 is 1. The van der Waals surface area contributed by atoms with Gasteiger partial charge in [-0.25, -0.2) is 9.18 Å². The maximum Gasteiger partial charge on any atom is 0.390 e. The molecule has 0 spiro atoms. The molecular formula is C11H11F4NO2. The molecule has 0 aliphatic rings. The molecule has 1 aromatic rings. The Hall–Kier alpha value is -1.79. The Kier molecular flexibility index (Phi) is 4.52. The first-order valence-electron chi connectivity index (χ1n) is 5.02. The van der Waals surface area contributed by atoms with Crippen LogP contribution in [0.15, 0.2) is 18.2 Å². The average Bonchev–Trinajstić information content (AvgIpc) is 2.28. The number of benzene rings is 1. The summed E-state index contributed by atoms with van der Waals surface area (Å²) >= 11 is 0. The second-order valence-electron chi connectivity index (χ2n) is 3.47. The molecule has 100 valence electrons. The van der Waals surface area contributed by atoms with Gasteiger partial charge in [0.25, 0.3) is 0 Å². The fourth-order valence-corrected chi connectivity index (χ4v) is 1.29. The zero-order valence-corrected chi connectivity index (χ0v) is 9.47. The molecule has 0 unspecified atom stereocenters. The maximum absolute atomic E-state index is 12.9. The number of rotatable bonds is 4. The zero-order chi connectivity index (χ0) is 13.8. The topological polar surface area (TPSA) is 38.3 Å². The Balaban J connectivity index is 2.79. The van der Waals surface area contributed by atoms with Crippen LogP contribution in [-0.4, -0.2) is 25.8 Å². The van der Waals surface area contributed by atoms with Gasteiger partial charge in [-0.2, -0.15) is 13.2 Å². The number of anilines is 1. The summed E-state index contributed by atoms with van der Waals surface area (Å²) in [5, 5.41) is 2.42. The number of carbonyl (C=O) groups is 1. The molecule has 0 heterocycles. The van der Waals surface area contributed by atoms with E-state index in [9.17, 15) is 22.4 Å². The lowest BCUT2D eigenvalue weighted by Gasteiger charge is -2.12. The molecule has 1 N–H and O–H groups in total. The SMILES string of the molecule is COC(=O)c1cc(F)ccc1NCCC(F)(F)F. The highest BCUT2D eigenvalue weighted by Gasteiger charge is 2.26. The molecular weight excluding hydrogens is 254 g/mol. The predicted molar refractivity (Wildman–Crippen MR) is 56.9 cm³/mol. The number of halogens is 4. The zero-order valence-electron chi connectivity index (χ0n) is 9.47. The first-order chi connectivity index (χ1) is 8.33. The normalized spacial score (nSPS) is 11.2. The van der Waals surface area contributed by atoms with Crippen LogP contribution in [0.1, 0.15) is 16.8 Å². The van der Waals surface area contributed by atoms with Crippen molar-refractivity contribution in [3.63, 3.8) is 0 Å². The van der Waals surface area contributed by atoms with Gasteiger partial charge in [0.05, 0.1) is 19.1 Å². The molecule has 7 heteroatoms. The molecule has 0 fully saturated rings. The maximum atomic E-state index is 12.9. The number of esters is 1. The van der Waals surface area contributed by atoms with Crippen molar-refractivity contribution >= 4 is 11.7 Å². The molecule has 0 radical (unpaired) electrons. The summed E-state index contributed by atoms with van der Waals surface area (Å²) in [6, 6.07) is 3.14. The Morgan fingerprint density at radius 1 is 1.39 bits per heavy atom. The minimum Gasteiger partial charge on any atom is -0.465 e. The van der Waals surface area contributed by atoms with Crippen LogP contribution < -0.4 is 5.32 Å². The van der Waals surface area contributed by atoms with Crippen LogP contribution >= 0.6 is 0 Å². The molecule has 0 bridgehead atoms. The van der Waals surface area contributed by atoms with Crippen LogP contribution in [0.5, 0.6) is 0 Å². The van der Waals surface area contributed by atoms with Crippen molar-refractivity contribution < 1.29 is 27.1 Å². The van der Waals surface area contributed by atoms with Gasteiger partial charge in [0.2, 0.25) is 0 Å². The molecule has 0 aromatic heterocycles. The first-order valence-corrected chi connectivity index (χ1v) is 5.02. The van der Waals surface area contributed by atoms with Crippen molar-refractivity contribution in [1.29, 1.82) is 0 Å². The van der Waals surface area contributed by atoms with E-state index < -0.39 is 30.9 Å². The second-order valence-corrected chi connectivity index (χ2v) is 3.47. The van der Waals surface area contributed by atoms with E-state index in [2.05, 4.69) is 10.1 Å². The molecule has 0 aliphatic heterocycles. The Morgan fingerprint density at radius 2 is 2.06 bits per heavy atom. The van der Waals surface area contributed by atoms with E-state index in [0.29, 0.717) is 0 Å². The van der Waals surface area contributed by atoms with E-state index in [1.165, 1.54) is 6.07 Å². The summed E-state index contributed by atoms with van der Waals surface area (Å²) in [4.78, 5) is 11.3. The lowest BCUT2D eigenvalue weighted by Crippen LogP contribution is -2.16. The Labute approximate surface area is 101 Å². The van der Waals surface area contributed by atoms with Gasteiger partial charge in [0, 0.05) is 12.2 Å². The highest BCUT2D eigenvalue weighted by molar-refractivity contribution is 5.95. The molecule has 0 atom stereocenters. The number of ether oxygens (including phenoxy) is 1. The van der Waals surface area contributed by atoms with E-state index in [-0.39, 0.29) is 11.3 Å². The van der Waals surface area contributed by atoms with Gasteiger partial charge < -0.3 is 10.1 Å². The standard InChI is InChI=1S/C11H11F4NO2/c1-18-10(17)8-6-7(12)2-3-9(8)16-5-4-11(13,14)15/h2-3,6,16H,4-5H2,1H3. The minimum absolute atomic E-state index is 0.104. The van der Waals surface area contributed by atoms with Crippen LogP contribution in [-0.2, 0) is 4.74 Å². The monoisotopic (exact) mass is 265 g/mol. The van der Waals surface area contributed by atoms with Crippen LogP contribution in [0.4, 0.5) is 23.2 Å². The molecule has 18 heavy (non-hydrogen) atoms. The van der Waals surface area contributed by atoms with Crippen LogP contribution in [0, 0.1) is 5.82 Å². The van der Waals surface area contributed by atoms with Crippen molar-refractivity contribution in [3.05, 3.63) is 29.6 Å². The second kappa shape index (κ2) is 5.70. The van der Waals surface area contributed by atoms with E-state index >= 15 is 0 Å². The summed E-state index contributed by atoms with van der Waals surface area (Å²) < 4.78 is 53.2. The van der Waals surface area contributed by atoms with Gasteiger partial charge in [-0.15, -0.1) is 0 Å². The van der Waals surface area contributed by atoms with E-state index in [1.807, 2.05) is 0 Å². The van der Waals surface area contributed by atoms with Gasteiger partial charge in [0.15, 0.2) is 0 Å². The van der Waals surface area contributed by atoms with E-state index in [1.54, 1.807) is 0 Å². The lowest BCUT2D eigenvalue weighted by atomic mass is 10.1. The van der Waals surface area contributed by atoms with Gasteiger partial charge in [-0.1, -0.05) is 0 Å². The van der Waals surface area contributed by atoms with Crippen molar-refractivity contribution in [1.82, 2.24) is 0 Å². The number of hydrogen-bond acceptors (Lipinski definition) is 3. The largest absolute Gasteiger partial charge is 0.465 e. The first kappa shape index (κ1) is 14.3. The van der Waals surface area contributed by atoms with Crippen LogP contribution in [0.25, 0.3) is 0 Å². The highest BCUT2D eigenvalue weighted by Crippen LogP contribution is 2.22. The molecule has 0 aliphatic carbocycles. The summed E-state index contributed by atoms with van der Waals surface area (Å²) in [5.74, 6) is -1.49. The summed E-state index contributed by atoms with van der Waals surface area (Å²) in [6.45, 7) is -0.404. The van der Waals surface area contributed by atoms with E-state index in [4.69, 9.17) is 0 Å². The van der Waals surface area contributed by atoms with Crippen LogP contribution in [0.3, 0.4) is 0 Å². The molecule has 0 amide bonds. The number of carbonyl (C=O) groups excluding carboxylic acids is 1. The smallest absolute Gasteiger partial charge is 0.390 e. The third-order valence-electron chi connectivity index (χ3n) is 2.11. The third-order valence-corrected chi connectivity index (χ3v) is 2.11. The van der Waals surface area contributed by atoms with Gasteiger partial charge >= 0.3 is 12.1 Å². The van der Waals surface area contributed by atoms with Gasteiger partial charge in [-0.3, -0.25) is 0 Å². The van der Waals surface area contributed by atoms with Crippen molar-refractivity contribution in [2.45, 2.75) is 12.6 Å². The fraction of sp³-hybridized carbons (Fsp3) is 0.364. The minimum atomic E-state index is -4.29. The number of alkyl halides is 3.